The number of alkyl carbamates (subject to hydrolysis) is 1. The molecule has 0 aliphatic rings. The topological polar surface area (TPSA) is 58.6 Å². The highest BCUT2D eigenvalue weighted by Crippen LogP contribution is 2.60. The Labute approximate surface area is 207 Å². The molecule has 1 aromatic rings. The highest BCUT2D eigenvalue weighted by Gasteiger charge is 2.90. The number of carbonyl (C=O) groups excluding carboxylic acids is 1. The van der Waals surface area contributed by atoms with Gasteiger partial charge in [0.2, 0.25) is 0 Å². The molecule has 1 amide bonds. The van der Waals surface area contributed by atoms with Crippen LogP contribution in [0.25, 0.3) is 0 Å². The fourth-order valence-electron chi connectivity index (χ4n) is 3.05. The largest absolute Gasteiger partial charge is 0.460 e. The third kappa shape index (κ3) is 6.75. The van der Waals surface area contributed by atoms with E-state index >= 15 is 0 Å². The van der Waals surface area contributed by atoms with E-state index in [0.29, 0.717) is 0 Å². The summed E-state index contributed by atoms with van der Waals surface area (Å²) in [7, 11) is 0. The molecule has 0 saturated heterocycles. The van der Waals surface area contributed by atoms with Gasteiger partial charge in [0.1, 0.15) is 0 Å². The first-order valence-electron chi connectivity index (χ1n) is 10.6. The minimum absolute atomic E-state index is 0.227. The van der Waals surface area contributed by atoms with Crippen LogP contribution < -0.4 is 5.32 Å². The summed E-state index contributed by atoms with van der Waals surface area (Å²) in [4.78, 5) is 11.9. The summed E-state index contributed by atoms with van der Waals surface area (Å²) in [5, 5.41) is 12.3. The second-order valence-corrected chi connectivity index (χ2v) is 8.49. The third-order valence-corrected chi connectivity index (χ3v) is 5.13. The van der Waals surface area contributed by atoms with Crippen molar-refractivity contribution in [2.24, 2.45) is 0 Å². The molecular formula is C21H22F13NO3. The number of hydrogen-bond acceptors (Lipinski definition) is 3. The van der Waals surface area contributed by atoms with Crippen LogP contribution in [0.2, 0.25) is 0 Å². The van der Waals surface area contributed by atoms with E-state index < -0.39 is 79.4 Å². The second kappa shape index (κ2) is 11.3. The molecule has 2 N–H and O–H groups in total. The fraction of sp³-hybridized carbons (Fsp3) is 0.667. The highest BCUT2D eigenvalue weighted by molar-refractivity contribution is 5.68. The minimum Gasteiger partial charge on any atom is -0.447 e. The summed E-state index contributed by atoms with van der Waals surface area (Å²) in [5.74, 6) is -37.4. The Morgan fingerprint density at radius 2 is 1.29 bits per heavy atom. The Balaban J connectivity index is 3.11. The highest BCUT2D eigenvalue weighted by atomic mass is 19.4. The maximum Gasteiger partial charge on any atom is 0.460 e. The van der Waals surface area contributed by atoms with Crippen LogP contribution in [0.3, 0.4) is 0 Å². The van der Waals surface area contributed by atoms with Crippen molar-refractivity contribution in [1.82, 2.24) is 5.32 Å². The first-order valence-corrected chi connectivity index (χ1v) is 10.6. The van der Waals surface area contributed by atoms with Crippen molar-refractivity contribution in [3.05, 3.63) is 35.9 Å². The molecule has 0 radical (unpaired) electrons. The van der Waals surface area contributed by atoms with Crippen LogP contribution >= 0.6 is 0 Å². The quantitative estimate of drug-likeness (QED) is 0.258. The van der Waals surface area contributed by atoms with Gasteiger partial charge in [0.25, 0.3) is 0 Å². The third-order valence-electron chi connectivity index (χ3n) is 5.13. The van der Waals surface area contributed by atoms with Crippen molar-refractivity contribution >= 4 is 6.09 Å². The first-order chi connectivity index (χ1) is 16.9. The lowest BCUT2D eigenvalue weighted by Gasteiger charge is -2.40. The van der Waals surface area contributed by atoms with E-state index in [1.807, 2.05) is 0 Å². The van der Waals surface area contributed by atoms with Gasteiger partial charge in [-0.2, -0.15) is 57.1 Å². The summed E-state index contributed by atoms with van der Waals surface area (Å²) in [6.45, 7) is 2.91. The Hall–Kier alpha value is -2.46. The van der Waals surface area contributed by atoms with Gasteiger partial charge in [-0.3, -0.25) is 0 Å². The monoisotopic (exact) mass is 583 g/mol. The summed E-state index contributed by atoms with van der Waals surface area (Å²) >= 11 is 0. The Morgan fingerprint density at radius 3 is 1.74 bits per heavy atom. The second-order valence-electron chi connectivity index (χ2n) is 8.49. The van der Waals surface area contributed by atoms with Gasteiger partial charge in [-0.05, 0) is 32.3 Å². The van der Waals surface area contributed by atoms with Crippen molar-refractivity contribution in [3.63, 3.8) is 0 Å². The van der Waals surface area contributed by atoms with Crippen LogP contribution in [0.1, 0.15) is 44.7 Å². The molecule has 0 heterocycles. The van der Waals surface area contributed by atoms with Crippen molar-refractivity contribution in [1.29, 1.82) is 0 Å². The number of hydrogen-bond donors (Lipinski definition) is 2. The number of aliphatic hydroxyl groups is 1. The van der Waals surface area contributed by atoms with Crippen LogP contribution in [0.4, 0.5) is 61.9 Å². The van der Waals surface area contributed by atoms with Gasteiger partial charge in [-0.15, -0.1) is 0 Å². The zero-order valence-electron chi connectivity index (χ0n) is 19.4. The number of amides is 1. The summed E-state index contributed by atoms with van der Waals surface area (Å²) in [5.41, 5.74) is 0.227. The summed E-state index contributed by atoms with van der Waals surface area (Å²) in [6.07, 6.45) is -16.1. The molecule has 0 fully saturated rings. The first kappa shape index (κ1) is 33.6. The van der Waals surface area contributed by atoms with E-state index in [4.69, 9.17) is 4.74 Å². The molecule has 1 aromatic carbocycles. The molecule has 1 unspecified atom stereocenters. The number of alkyl halides is 13. The van der Waals surface area contributed by atoms with Crippen LogP contribution in [-0.4, -0.2) is 59.2 Å². The van der Waals surface area contributed by atoms with Gasteiger partial charge >= 0.3 is 41.9 Å². The van der Waals surface area contributed by atoms with E-state index in [1.54, 1.807) is 0 Å². The van der Waals surface area contributed by atoms with Crippen molar-refractivity contribution < 1.29 is 71.7 Å². The van der Waals surface area contributed by atoms with E-state index in [0.717, 1.165) is 0 Å². The van der Waals surface area contributed by atoms with Crippen molar-refractivity contribution in [2.45, 2.75) is 87.1 Å². The van der Waals surface area contributed by atoms with E-state index in [2.05, 4.69) is 5.32 Å². The Bertz CT molecular complexity index is 921. The SMILES string of the molecule is CC(C)OC(=O)NC(C[C@H](O)CCC(F)(F)C(F)(F)C(F)(F)C(F)(F)C(F)(F)C(F)(F)F)c1ccccc1. The molecule has 0 saturated carbocycles. The van der Waals surface area contributed by atoms with Gasteiger partial charge in [0.05, 0.1) is 18.2 Å². The zero-order chi connectivity index (χ0) is 30.0. The molecule has 0 bridgehead atoms. The summed E-state index contributed by atoms with van der Waals surface area (Å²) in [6, 6.07) is 5.92. The molecule has 0 spiro atoms. The van der Waals surface area contributed by atoms with E-state index in [1.165, 1.54) is 44.2 Å². The van der Waals surface area contributed by atoms with Gasteiger partial charge in [-0.25, -0.2) is 4.79 Å². The van der Waals surface area contributed by atoms with E-state index in [9.17, 15) is 67.0 Å². The Kier molecular flexibility index (Phi) is 10.0. The van der Waals surface area contributed by atoms with Crippen LogP contribution in [0, 0.1) is 0 Å². The molecule has 2 atom stereocenters. The van der Waals surface area contributed by atoms with Gasteiger partial charge in [-0.1, -0.05) is 30.3 Å². The number of rotatable bonds is 12. The number of aliphatic hydroxyl groups excluding tert-OH is 1. The number of benzene rings is 1. The average molecular weight is 583 g/mol. The number of halogens is 13. The maximum absolute atomic E-state index is 14.0. The standard InChI is InChI=1S/C21H22F13NO3/c1-11(2)38-15(37)35-14(12-6-4-3-5-7-12)10-13(36)8-9-16(22,23)17(24,25)18(26,27)19(28,29)20(30,31)21(32,33)34/h3-7,11,13-14,36H,8-10H2,1-2H3,(H,35,37)/t13-,14?/m1/s1. The predicted octanol–water partition coefficient (Wildman–Crippen LogP) is 7.13. The lowest BCUT2D eigenvalue weighted by Crippen LogP contribution is -2.70. The van der Waals surface area contributed by atoms with Gasteiger partial charge in [0.15, 0.2) is 0 Å². The normalized spacial score (nSPS) is 15.8. The summed E-state index contributed by atoms with van der Waals surface area (Å²) < 4.78 is 177. The minimum atomic E-state index is -7.98. The molecule has 0 aliphatic heterocycles. The molecular weight excluding hydrogens is 561 g/mol. The Morgan fingerprint density at radius 1 is 0.816 bits per heavy atom. The van der Waals surface area contributed by atoms with Gasteiger partial charge in [0, 0.05) is 6.42 Å². The molecule has 38 heavy (non-hydrogen) atoms. The maximum atomic E-state index is 14.0. The number of nitrogens with one attached hydrogen (secondary N) is 1. The molecule has 1 rings (SSSR count). The van der Waals surface area contributed by atoms with Crippen LogP contribution in [0.15, 0.2) is 30.3 Å². The lowest BCUT2D eigenvalue weighted by atomic mass is 9.90. The zero-order valence-corrected chi connectivity index (χ0v) is 19.4. The number of carbonyl (C=O) groups is 1. The molecule has 0 aromatic heterocycles. The predicted molar refractivity (Wildman–Crippen MR) is 105 cm³/mol. The smallest absolute Gasteiger partial charge is 0.447 e. The number of ether oxygens (including phenoxy) is 1. The van der Waals surface area contributed by atoms with E-state index in [-0.39, 0.29) is 5.56 Å². The fourth-order valence-corrected chi connectivity index (χ4v) is 3.05. The molecule has 4 nitrogen and oxygen atoms in total. The molecule has 17 heteroatoms. The van der Waals surface area contributed by atoms with Crippen LogP contribution in [-0.2, 0) is 4.74 Å². The van der Waals surface area contributed by atoms with Gasteiger partial charge < -0.3 is 15.2 Å². The average Bonchev–Trinajstić information content (AvgIpc) is 2.76. The van der Waals surface area contributed by atoms with Crippen molar-refractivity contribution in [2.75, 3.05) is 0 Å². The molecule has 0 aliphatic carbocycles. The molecule has 220 valence electrons. The van der Waals surface area contributed by atoms with Crippen molar-refractivity contribution in [3.8, 4) is 0 Å². The van der Waals surface area contributed by atoms with Crippen LogP contribution in [0.5, 0.6) is 0 Å². The lowest BCUT2D eigenvalue weighted by molar-refractivity contribution is -0.440.